The van der Waals surface area contributed by atoms with Crippen LogP contribution in [0.4, 0.5) is 13.2 Å². The molecule has 2 rings (SSSR count). The first-order valence-electron chi connectivity index (χ1n) is 3.43. The maximum Gasteiger partial charge on any atom is 0.444 e. The van der Waals surface area contributed by atoms with E-state index in [1.54, 1.807) is 0 Å². The lowest BCUT2D eigenvalue weighted by molar-refractivity contribution is -0.355. The van der Waals surface area contributed by atoms with Gasteiger partial charge in [-0.15, -0.1) is 0 Å². The number of rotatable bonds is 0. The van der Waals surface area contributed by atoms with E-state index in [9.17, 15) is 18.3 Å². The summed E-state index contributed by atoms with van der Waals surface area (Å²) in [5.41, 5.74) is 0. The Morgan fingerprint density at radius 2 is 2.08 bits per heavy atom. The van der Waals surface area contributed by atoms with Crippen LogP contribution in [0.2, 0.25) is 0 Å². The SMILES string of the molecule is O[C@@]1(C(F)(F)F)OC[C@@H]2C[C@@]21Br. The van der Waals surface area contributed by atoms with E-state index in [1.807, 2.05) is 0 Å². The molecule has 6 heteroatoms. The van der Waals surface area contributed by atoms with E-state index in [0.29, 0.717) is 6.42 Å². The minimum Gasteiger partial charge on any atom is -0.357 e. The zero-order valence-corrected chi connectivity index (χ0v) is 7.44. The van der Waals surface area contributed by atoms with Crippen molar-refractivity contribution in [2.45, 2.75) is 22.7 Å². The molecular formula is C6H6BrF3O2. The van der Waals surface area contributed by atoms with Gasteiger partial charge in [0.05, 0.1) is 10.9 Å². The molecular weight excluding hydrogens is 241 g/mol. The minimum absolute atomic E-state index is 0.0265. The molecule has 0 aromatic rings. The Labute approximate surface area is 74.8 Å². The third-order valence-electron chi connectivity index (χ3n) is 2.47. The van der Waals surface area contributed by atoms with Gasteiger partial charge in [0.25, 0.3) is 5.79 Å². The van der Waals surface area contributed by atoms with Gasteiger partial charge in [0, 0.05) is 5.92 Å². The topological polar surface area (TPSA) is 29.5 Å². The molecule has 2 fully saturated rings. The lowest BCUT2D eigenvalue weighted by Crippen LogP contribution is -2.53. The van der Waals surface area contributed by atoms with Gasteiger partial charge < -0.3 is 9.84 Å². The highest BCUT2D eigenvalue weighted by Gasteiger charge is 2.80. The van der Waals surface area contributed by atoms with Crippen LogP contribution in [0.3, 0.4) is 0 Å². The summed E-state index contributed by atoms with van der Waals surface area (Å²) in [7, 11) is 0. The smallest absolute Gasteiger partial charge is 0.357 e. The van der Waals surface area contributed by atoms with Crippen LogP contribution in [0.15, 0.2) is 0 Å². The van der Waals surface area contributed by atoms with Crippen molar-refractivity contribution < 1.29 is 23.0 Å². The number of hydrogen-bond donors (Lipinski definition) is 1. The Kier molecular flexibility index (Phi) is 1.45. The van der Waals surface area contributed by atoms with Crippen molar-refractivity contribution in [2.75, 3.05) is 6.61 Å². The third kappa shape index (κ3) is 0.781. The Hall–Kier alpha value is 0.190. The van der Waals surface area contributed by atoms with Crippen LogP contribution >= 0.6 is 15.9 Å². The molecule has 1 heterocycles. The molecule has 1 N–H and O–H groups in total. The van der Waals surface area contributed by atoms with Gasteiger partial charge in [-0.05, 0) is 6.42 Å². The molecule has 0 bridgehead atoms. The summed E-state index contributed by atoms with van der Waals surface area (Å²) < 4.78 is 39.9. The molecule has 1 saturated heterocycles. The number of hydrogen-bond acceptors (Lipinski definition) is 2. The second-order valence-corrected chi connectivity index (χ2v) is 4.63. The Morgan fingerprint density at radius 3 is 2.25 bits per heavy atom. The van der Waals surface area contributed by atoms with Gasteiger partial charge in [-0.3, -0.25) is 0 Å². The fraction of sp³-hybridized carbons (Fsp3) is 1.00. The van der Waals surface area contributed by atoms with E-state index in [4.69, 9.17) is 0 Å². The zero-order valence-electron chi connectivity index (χ0n) is 5.86. The molecule has 2 aliphatic rings. The molecule has 0 unspecified atom stereocenters. The van der Waals surface area contributed by atoms with E-state index in [0.717, 1.165) is 0 Å². The number of aliphatic hydroxyl groups is 1. The summed E-state index contributed by atoms with van der Waals surface area (Å²) in [6, 6.07) is 0. The van der Waals surface area contributed by atoms with E-state index < -0.39 is 16.3 Å². The maximum atomic E-state index is 12.3. The first kappa shape index (κ1) is 8.77. The highest BCUT2D eigenvalue weighted by molar-refractivity contribution is 9.10. The lowest BCUT2D eigenvalue weighted by Gasteiger charge is -2.30. The molecule has 3 atom stereocenters. The van der Waals surface area contributed by atoms with Gasteiger partial charge in [0.15, 0.2) is 0 Å². The number of alkyl halides is 4. The van der Waals surface area contributed by atoms with Crippen LogP contribution in [0.1, 0.15) is 6.42 Å². The molecule has 70 valence electrons. The number of halogens is 4. The van der Waals surface area contributed by atoms with Crippen LogP contribution in [0, 0.1) is 5.92 Å². The van der Waals surface area contributed by atoms with Crippen molar-refractivity contribution in [2.24, 2.45) is 5.92 Å². The number of fused-ring (bicyclic) bond motifs is 1. The van der Waals surface area contributed by atoms with Gasteiger partial charge in [-0.2, -0.15) is 13.2 Å². The summed E-state index contributed by atoms with van der Waals surface area (Å²) in [4.78, 5) is 0. The molecule has 12 heavy (non-hydrogen) atoms. The minimum atomic E-state index is -4.72. The van der Waals surface area contributed by atoms with E-state index in [1.165, 1.54) is 0 Å². The summed E-state index contributed by atoms with van der Waals surface area (Å²) >= 11 is 2.88. The standard InChI is InChI=1S/C6H6BrF3O2/c7-4-1-3(4)2-12-5(4,11)6(8,9)10/h3,11H,1-2H2/t3-,4+,5+/m0/s1. The van der Waals surface area contributed by atoms with Gasteiger partial charge in [-0.25, -0.2) is 0 Å². The van der Waals surface area contributed by atoms with Crippen LogP contribution in [-0.4, -0.2) is 28.0 Å². The second kappa shape index (κ2) is 1.99. The summed E-state index contributed by atoms with van der Waals surface area (Å²) in [6.45, 7) is -0.0265. The van der Waals surface area contributed by atoms with E-state index in [-0.39, 0.29) is 12.5 Å². The number of ether oxygens (including phenoxy) is 1. The molecule has 0 aromatic carbocycles. The van der Waals surface area contributed by atoms with E-state index >= 15 is 0 Å². The van der Waals surface area contributed by atoms with Crippen molar-refractivity contribution in [1.29, 1.82) is 0 Å². The highest BCUT2D eigenvalue weighted by atomic mass is 79.9. The van der Waals surface area contributed by atoms with Crippen molar-refractivity contribution >= 4 is 15.9 Å². The molecule has 1 saturated carbocycles. The monoisotopic (exact) mass is 246 g/mol. The van der Waals surface area contributed by atoms with Gasteiger partial charge in [-0.1, -0.05) is 15.9 Å². The first-order valence-corrected chi connectivity index (χ1v) is 4.22. The van der Waals surface area contributed by atoms with Crippen molar-refractivity contribution in [3.63, 3.8) is 0 Å². The Balaban J connectivity index is 2.33. The van der Waals surface area contributed by atoms with E-state index in [2.05, 4.69) is 20.7 Å². The predicted octanol–water partition coefficient (Wildman–Crippen LogP) is 1.42. The average molecular weight is 247 g/mol. The fourth-order valence-corrected chi connectivity index (χ4v) is 2.43. The zero-order chi connectivity index (χ0) is 9.20. The van der Waals surface area contributed by atoms with Crippen molar-refractivity contribution in [3.05, 3.63) is 0 Å². The first-order chi connectivity index (χ1) is 5.31. The maximum absolute atomic E-state index is 12.3. The molecule has 0 spiro atoms. The largest absolute Gasteiger partial charge is 0.444 e. The van der Waals surface area contributed by atoms with Gasteiger partial charge in [0.1, 0.15) is 0 Å². The van der Waals surface area contributed by atoms with Gasteiger partial charge >= 0.3 is 6.18 Å². The molecule has 1 aliphatic heterocycles. The second-order valence-electron chi connectivity index (χ2n) is 3.22. The molecule has 1 aliphatic carbocycles. The lowest BCUT2D eigenvalue weighted by atomic mass is 10.1. The molecule has 0 amide bonds. The van der Waals surface area contributed by atoms with Crippen molar-refractivity contribution in [1.82, 2.24) is 0 Å². The van der Waals surface area contributed by atoms with Gasteiger partial charge in [0.2, 0.25) is 0 Å². The van der Waals surface area contributed by atoms with Crippen LogP contribution < -0.4 is 0 Å². The summed E-state index contributed by atoms with van der Waals surface area (Å²) in [5, 5.41) is 9.20. The molecule has 0 radical (unpaired) electrons. The normalized spacial score (nSPS) is 52.2. The van der Waals surface area contributed by atoms with Crippen LogP contribution in [0.25, 0.3) is 0 Å². The summed E-state index contributed by atoms with van der Waals surface area (Å²) in [5.74, 6) is -3.19. The quantitative estimate of drug-likeness (QED) is 0.656. The molecule has 0 aromatic heterocycles. The Bertz CT molecular complexity index is 229. The average Bonchev–Trinajstić information content (AvgIpc) is 2.49. The molecule has 2 nitrogen and oxygen atoms in total. The Morgan fingerprint density at radius 1 is 1.50 bits per heavy atom. The fourth-order valence-electron chi connectivity index (χ4n) is 1.56. The highest BCUT2D eigenvalue weighted by Crippen LogP contribution is 2.66. The third-order valence-corrected chi connectivity index (χ3v) is 3.98. The predicted molar refractivity (Wildman–Crippen MR) is 36.7 cm³/mol. The van der Waals surface area contributed by atoms with Crippen LogP contribution in [0.5, 0.6) is 0 Å². The van der Waals surface area contributed by atoms with Crippen LogP contribution in [-0.2, 0) is 4.74 Å². The van der Waals surface area contributed by atoms with Crippen molar-refractivity contribution in [3.8, 4) is 0 Å². The summed E-state index contributed by atoms with van der Waals surface area (Å²) in [6.07, 6.45) is -4.40.